The van der Waals surface area contributed by atoms with Gasteiger partial charge >= 0.3 is 0 Å². The maximum atomic E-state index is 12.7. The van der Waals surface area contributed by atoms with Crippen LogP contribution >= 0.6 is 0 Å². The van der Waals surface area contributed by atoms with E-state index in [0.717, 1.165) is 28.3 Å². The summed E-state index contributed by atoms with van der Waals surface area (Å²) in [7, 11) is -1.86. The zero-order valence-corrected chi connectivity index (χ0v) is 17.7. The molecule has 1 aromatic heterocycles. The summed E-state index contributed by atoms with van der Waals surface area (Å²) in [5.41, 5.74) is 3.62. The lowest BCUT2D eigenvalue weighted by Crippen LogP contribution is -2.30. The van der Waals surface area contributed by atoms with Crippen LogP contribution in [-0.4, -0.2) is 43.1 Å². The van der Waals surface area contributed by atoms with E-state index in [-0.39, 0.29) is 4.90 Å². The Bertz CT molecular complexity index is 1040. The average molecular weight is 415 g/mol. The van der Waals surface area contributed by atoms with Crippen molar-refractivity contribution < 1.29 is 13.2 Å². The van der Waals surface area contributed by atoms with Gasteiger partial charge in [-0.2, -0.15) is 9.40 Å². The molecule has 29 heavy (non-hydrogen) atoms. The standard InChI is InChI=1S/C21H26N4O3S/c1-4-25(5-2)29(26,27)20-8-6-7-18(13-20)22-14-17-15-23-24-21(17)16-9-11-19(28-3)12-10-16/h6-13,15,22H,4-5,14H2,1-3H3,(H,23,24). The van der Waals surface area contributed by atoms with Gasteiger partial charge < -0.3 is 10.1 Å². The van der Waals surface area contributed by atoms with Crippen molar-refractivity contribution in [3.63, 3.8) is 0 Å². The second kappa shape index (κ2) is 9.11. The quantitative estimate of drug-likeness (QED) is 0.557. The molecule has 0 amide bonds. The third-order valence-electron chi connectivity index (χ3n) is 4.76. The minimum Gasteiger partial charge on any atom is -0.497 e. The molecule has 0 saturated heterocycles. The van der Waals surface area contributed by atoms with Crippen LogP contribution in [0.1, 0.15) is 19.4 Å². The van der Waals surface area contributed by atoms with E-state index in [0.29, 0.717) is 19.6 Å². The van der Waals surface area contributed by atoms with Crippen molar-refractivity contribution in [1.29, 1.82) is 0 Å². The number of methoxy groups -OCH3 is 1. The Morgan fingerprint density at radius 2 is 1.83 bits per heavy atom. The normalized spacial score (nSPS) is 11.6. The molecule has 0 aliphatic carbocycles. The highest BCUT2D eigenvalue weighted by Gasteiger charge is 2.21. The molecule has 0 saturated carbocycles. The Hall–Kier alpha value is -2.84. The number of ether oxygens (including phenoxy) is 1. The Kier molecular flexibility index (Phi) is 6.56. The molecule has 1 heterocycles. The number of benzene rings is 2. The number of aromatic nitrogens is 2. The van der Waals surface area contributed by atoms with E-state index in [1.165, 1.54) is 4.31 Å². The number of nitrogens with zero attached hydrogens (tertiary/aromatic N) is 2. The first-order valence-corrected chi connectivity index (χ1v) is 10.9. The number of hydrogen-bond acceptors (Lipinski definition) is 5. The predicted octanol–water partition coefficient (Wildman–Crippen LogP) is 3.73. The van der Waals surface area contributed by atoms with Gasteiger partial charge in [0.25, 0.3) is 0 Å². The summed E-state index contributed by atoms with van der Waals surface area (Å²) in [4.78, 5) is 0.286. The first-order chi connectivity index (χ1) is 14.0. The lowest BCUT2D eigenvalue weighted by atomic mass is 10.1. The van der Waals surface area contributed by atoms with Crippen LogP contribution in [0.5, 0.6) is 5.75 Å². The molecule has 0 radical (unpaired) electrons. The first-order valence-electron chi connectivity index (χ1n) is 9.50. The van der Waals surface area contributed by atoms with Crippen molar-refractivity contribution in [1.82, 2.24) is 14.5 Å². The largest absolute Gasteiger partial charge is 0.497 e. The summed E-state index contributed by atoms with van der Waals surface area (Å²) < 4.78 is 32.1. The van der Waals surface area contributed by atoms with Gasteiger partial charge in [-0.15, -0.1) is 0 Å². The van der Waals surface area contributed by atoms with Gasteiger partial charge in [0.2, 0.25) is 10.0 Å². The molecule has 3 aromatic rings. The molecule has 2 aromatic carbocycles. The minimum atomic E-state index is -3.49. The van der Waals surface area contributed by atoms with Gasteiger partial charge in [0, 0.05) is 36.4 Å². The van der Waals surface area contributed by atoms with E-state index in [2.05, 4.69) is 15.5 Å². The van der Waals surface area contributed by atoms with Crippen LogP contribution in [0.15, 0.2) is 59.6 Å². The number of anilines is 1. The van der Waals surface area contributed by atoms with Gasteiger partial charge in [0.1, 0.15) is 5.75 Å². The zero-order chi connectivity index (χ0) is 20.9. The van der Waals surface area contributed by atoms with E-state index < -0.39 is 10.0 Å². The molecule has 0 unspecified atom stereocenters. The van der Waals surface area contributed by atoms with Gasteiger partial charge in [-0.1, -0.05) is 19.9 Å². The van der Waals surface area contributed by atoms with Crippen LogP contribution in [0, 0.1) is 0 Å². The van der Waals surface area contributed by atoms with E-state index in [1.54, 1.807) is 31.5 Å². The summed E-state index contributed by atoms with van der Waals surface area (Å²) in [6, 6.07) is 14.6. The van der Waals surface area contributed by atoms with Crippen LogP contribution < -0.4 is 10.1 Å². The summed E-state index contributed by atoms with van der Waals surface area (Å²) in [5.74, 6) is 0.791. The first kappa shape index (κ1) is 20.9. The van der Waals surface area contributed by atoms with Crippen LogP contribution in [0.4, 0.5) is 5.69 Å². The van der Waals surface area contributed by atoms with Crippen molar-refractivity contribution >= 4 is 15.7 Å². The molecule has 0 spiro atoms. The average Bonchev–Trinajstić information content (AvgIpc) is 3.22. The fourth-order valence-electron chi connectivity index (χ4n) is 3.13. The molecule has 0 aliphatic rings. The molecular formula is C21H26N4O3S. The molecule has 7 nitrogen and oxygen atoms in total. The topological polar surface area (TPSA) is 87.3 Å². The van der Waals surface area contributed by atoms with E-state index >= 15 is 0 Å². The van der Waals surface area contributed by atoms with Gasteiger partial charge in [-0.05, 0) is 42.5 Å². The Balaban J connectivity index is 1.77. The third kappa shape index (κ3) is 4.60. The molecule has 8 heteroatoms. The van der Waals surface area contributed by atoms with Crippen molar-refractivity contribution in [2.75, 3.05) is 25.5 Å². The maximum absolute atomic E-state index is 12.7. The highest BCUT2D eigenvalue weighted by atomic mass is 32.2. The molecule has 0 atom stereocenters. The lowest BCUT2D eigenvalue weighted by molar-refractivity contribution is 0.415. The van der Waals surface area contributed by atoms with E-state index in [1.807, 2.05) is 44.2 Å². The third-order valence-corrected chi connectivity index (χ3v) is 6.80. The Labute approximate surface area is 171 Å². The Morgan fingerprint density at radius 3 is 2.48 bits per heavy atom. The zero-order valence-electron chi connectivity index (χ0n) is 16.8. The van der Waals surface area contributed by atoms with Crippen molar-refractivity contribution in [3.8, 4) is 17.0 Å². The van der Waals surface area contributed by atoms with E-state index in [9.17, 15) is 8.42 Å². The van der Waals surface area contributed by atoms with Crippen LogP contribution in [0.3, 0.4) is 0 Å². The number of H-pyrrole nitrogens is 1. The molecule has 154 valence electrons. The number of sulfonamides is 1. The van der Waals surface area contributed by atoms with Crippen molar-refractivity contribution in [2.45, 2.75) is 25.3 Å². The van der Waals surface area contributed by atoms with Crippen LogP contribution in [-0.2, 0) is 16.6 Å². The second-order valence-electron chi connectivity index (χ2n) is 6.47. The summed E-state index contributed by atoms with van der Waals surface area (Å²) in [6.45, 7) is 5.06. The minimum absolute atomic E-state index is 0.286. The highest BCUT2D eigenvalue weighted by molar-refractivity contribution is 7.89. The van der Waals surface area contributed by atoms with Crippen LogP contribution in [0.2, 0.25) is 0 Å². The monoisotopic (exact) mass is 414 g/mol. The number of aromatic amines is 1. The molecule has 0 fully saturated rings. The summed E-state index contributed by atoms with van der Waals surface area (Å²) in [6.07, 6.45) is 1.77. The van der Waals surface area contributed by atoms with Crippen molar-refractivity contribution in [2.24, 2.45) is 0 Å². The SMILES string of the molecule is CCN(CC)S(=O)(=O)c1cccc(NCc2cn[nH]c2-c2ccc(OC)cc2)c1. The van der Waals surface area contributed by atoms with Gasteiger partial charge in [0.05, 0.1) is 23.9 Å². The number of hydrogen-bond donors (Lipinski definition) is 2. The predicted molar refractivity (Wildman–Crippen MR) is 114 cm³/mol. The smallest absolute Gasteiger partial charge is 0.243 e. The number of nitrogens with one attached hydrogen (secondary N) is 2. The van der Waals surface area contributed by atoms with E-state index in [4.69, 9.17) is 4.74 Å². The Morgan fingerprint density at radius 1 is 1.10 bits per heavy atom. The van der Waals surface area contributed by atoms with Gasteiger partial charge in [-0.25, -0.2) is 8.42 Å². The second-order valence-corrected chi connectivity index (χ2v) is 8.41. The number of rotatable bonds is 9. The fraction of sp³-hybridized carbons (Fsp3) is 0.286. The summed E-state index contributed by atoms with van der Waals surface area (Å²) >= 11 is 0. The fourth-order valence-corrected chi connectivity index (χ4v) is 4.63. The van der Waals surface area contributed by atoms with Gasteiger partial charge in [0.15, 0.2) is 0 Å². The highest BCUT2D eigenvalue weighted by Crippen LogP contribution is 2.25. The maximum Gasteiger partial charge on any atom is 0.243 e. The summed E-state index contributed by atoms with van der Waals surface area (Å²) in [5, 5.41) is 10.5. The van der Waals surface area contributed by atoms with Crippen LogP contribution in [0.25, 0.3) is 11.3 Å². The van der Waals surface area contributed by atoms with Gasteiger partial charge in [-0.3, -0.25) is 5.10 Å². The molecule has 2 N–H and O–H groups in total. The molecule has 0 aliphatic heterocycles. The lowest BCUT2D eigenvalue weighted by Gasteiger charge is -2.19. The van der Waals surface area contributed by atoms with Crippen molar-refractivity contribution in [3.05, 3.63) is 60.3 Å². The molecule has 0 bridgehead atoms. The molecule has 3 rings (SSSR count). The molecular weight excluding hydrogens is 388 g/mol.